The molecule has 6 nitrogen and oxygen atoms in total. The van der Waals surface area contributed by atoms with Crippen molar-refractivity contribution in [1.29, 1.82) is 0 Å². The Labute approximate surface area is 108 Å². The van der Waals surface area contributed by atoms with E-state index in [4.69, 9.17) is 9.52 Å². The summed E-state index contributed by atoms with van der Waals surface area (Å²) in [4.78, 5) is 22.0. The van der Waals surface area contributed by atoms with Crippen molar-refractivity contribution in [2.75, 3.05) is 0 Å². The van der Waals surface area contributed by atoms with Crippen LogP contribution < -0.4 is 10.9 Å². The first-order valence-corrected chi connectivity index (χ1v) is 5.70. The van der Waals surface area contributed by atoms with Gasteiger partial charge in [-0.3, -0.25) is 4.79 Å². The zero-order valence-corrected chi connectivity index (χ0v) is 10.2. The summed E-state index contributed by atoms with van der Waals surface area (Å²) < 4.78 is 5.06. The van der Waals surface area contributed by atoms with Crippen LogP contribution in [-0.4, -0.2) is 22.2 Å². The van der Waals surface area contributed by atoms with E-state index in [2.05, 4.69) is 5.32 Å². The van der Waals surface area contributed by atoms with Crippen molar-refractivity contribution in [2.45, 2.75) is 19.5 Å². The largest absolute Gasteiger partial charge is 0.507 e. The lowest BCUT2D eigenvalue weighted by atomic mass is 10.1. The maximum Gasteiger partial charge on any atom is 0.336 e. The lowest BCUT2D eigenvalue weighted by Crippen LogP contribution is -2.33. The fourth-order valence-electron chi connectivity index (χ4n) is 1.69. The Morgan fingerprint density at radius 3 is 2.74 bits per heavy atom. The number of phenolic OH excluding ortho intramolecular Hbond substituents is 1. The van der Waals surface area contributed by atoms with Crippen molar-refractivity contribution < 1.29 is 19.4 Å². The normalized spacial score (nSPS) is 12.5. The highest BCUT2D eigenvalue weighted by Crippen LogP contribution is 2.26. The minimum Gasteiger partial charge on any atom is -0.507 e. The second-order valence-corrected chi connectivity index (χ2v) is 4.18. The van der Waals surface area contributed by atoms with Crippen LogP contribution in [0.5, 0.6) is 5.75 Å². The summed E-state index contributed by atoms with van der Waals surface area (Å²) in [7, 11) is 0. The maximum atomic E-state index is 11.2. The SMILES string of the molecule is C[C@H](NCc1c(O)ccc2ccc(=O)oc12)C(=O)O. The summed E-state index contributed by atoms with van der Waals surface area (Å²) in [6, 6.07) is 5.20. The first-order chi connectivity index (χ1) is 8.99. The van der Waals surface area contributed by atoms with Crippen molar-refractivity contribution in [3.63, 3.8) is 0 Å². The van der Waals surface area contributed by atoms with Gasteiger partial charge in [0.1, 0.15) is 17.4 Å². The number of aromatic hydroxyl groups is 1. The molecule has 2 rings (SSSR count). The van der Waals surface area contributed by atoms with Crippen molar-refractivity contribution >= 4 is 16.9 Å². The standard InChI is InChI=1S/C13H13NO5/c1-7(13(17)18)14-6-9-10(15)4-2-8-3-5-11(16)19-12(8)9/h2-5,7,14-15H,6H2,1H3,(H,17,18)/t7-/m0/s1. The van der Waals surface area contributed by atoms with Gasteiger partial charge in [-0.2, -0.15) is 0 Å². The van der Waals surface area contributed by atoms with Crippen LogP contribution in [0.25, 0.3) is 11.0 Å². The van der Waals surface area contributed by atoms with Crippen LogP contribution >= 0.6 is 0 Å². The highest BCUT2D eigenvalue weighted by Gasteiger charge is 2.14. The van der Waals surface area contributed by atoms with E-state index in [1.54, 1.807) is 12.1 Å². The van der Waals surface area contributed by atoms with Crippen LogP contribution in [0.2, 0.25) is 0 Å². The van der Waals surface area contributed by atoms with E-state index in [0.29, 0.717) is 10.9 Å². The number of rotatable bonds is 4. The third-order valence-corrected chi connectivity index (χ3v) is 2.82. The molecule has 3 N–H and O–H groups in total. The number of benzene rings is 1. The molecular weight excluding hydrogens is 250 g/mol. The van der Waals surface area contributed by atoms with Crippen LogP contribution in [0.3, 0.4) is 0 Å². The van der Waals surface area contributed by atoms with Gasteiger partial charge in [-0.25, -0.2) is 4.79 Å². The van der Waals surface area contributed by atoms with E-state index >= 15 is 0 Å². The second-order valence-electron chi connectivity index (χ2n) is 4.18. The Morgan fingerprint density at radius 2 is 2.05 bits per heavy atom. The van der Waals surface area contributed by atoms with Gasteiger partial charge in [0.25, 0.3) is 0 Å². The first-order valence-electron chi connectivity index (χ1n) is 5.70. The predicted octanol–water partition coefficient (Wildman–Crippen LogP) is 1.06. The van der Waals surface area contributed by atoms with Crippen LogP contribution in [0.1, 0.15) is 12.5 Å². The first kappa shape index (κ1) is 13.1. The number of aliphatic carboxylic acids is 1. The van der Waals surface area contributed by atoms with Crippen LogP contribution in [-0.2, 0) is 11.3 Å². The van der Waals surface area contributed by atoms with Gasteiger partial charge in [0.05, 0.1) is 5.56 Å². The summed E-state index contributed by atoms with van der Waals surface area (Å²) in [5.41, 5.74) is 0.103. The minimum absolute atomic E-state index is 0.0491. The molecule has 2 aromatic rings. The molecule has 0 saturated heterocycles. The Bertz CT molecular complexity index is 676. The number of hydrogen-bond donors (Lipinski definition) is 3. The molecule has 0 saturated carbocycles. The molecular formula is C13H13NO5. The molecule has 0 fully saturated rings. The zero-order chi connectivity index (χ0) is 14.0. The fourth-order valence-corrected chi connectivity index (χ4v) is 1.69. The number of carbonyl (C=O) groups is 1. The van der Waals surface area contributed by atoms with Gasteiger partial charge < -0.3 is 19.9 Å². The molecule has 6 heteroatoms. The molecule has 0 radical (unpaired) electrons. The Kier molecular flexibility index (Phi) is 3.52. The summed E-state index contributed by atoms with van der Waals surface area (Å²) in [5.74, 6) is -1.05. The van der Waals surface area contributed by atoms with Gasteiger partial charge in [-0.15, -0.1) is 0 Å². The topological polar surface area (TPSA) is 99.8 Å². The molecule has 1 aromatic heterocycles. The van der Waals surface area contributed by atoms with Crippen molar-refractivity contribution in [3.8, 4) is 5.75 Å². The van der Waals surface area contributed by atoms with Gasteiger partial charge in [-0.05, 0) is 25.1 Å². The molecule has 1 heterocycles. The Morgan fingerprint density at radius 1 is 1.37 bits per heavy atom. The summed E-state index contributed by atoms with van der Waals surface area (Å²) in [6.45, 7) is 1.57. The number of fused-ring (bicyclic) bond motifs is 1. The lowest BCUT2D eigenvalue weighted by Gasteiger charge is -2.11. The summed E-state index contributed by atoms with van der Waals surface area (Å²) >= 11 is 0. The van der Waals surface area contributed by atoms with Gasteiger partial charge in [0.15, 0.2) is 0 Å². The average Bonchev–Trinajstić information content (AvgIpc) is 2.37. The summed E-state index contributed by atoms with van der Waals surface area (Å²) in [6.07, 6.45) is 0. The maximum absolute atomic E-state index is 11.2. The van der Waals surface area contributed by atoms with Crippen LogP contribution in [0.4, 0.5) is 0 Å². The predicted molar refractivity (Wildman–Crippen MR) is 68.1 cm³/mol. The lowest BCUT2D eigenvalue weighted by molar-refractivity contribution is -0.139. The number of nitrogens with one attached hydrogen (secondary N) is 1. The van der Waals surface area contributed by atoms with E-state index < -0.39 is 17.6 Å². The van der Waals surface area contributed by atoms with Gasteiger partial charge in [-0.1, -0.05) is 0 Å². The highest BCUT2D eigenvalue weighted by molar-refractivity contribution is 5.82. The molecule has 1 aromatic carbocycles. The molecule has 100 valence electrons. The minimum atomic E-state index is -0.999. The second kappa shape index (κ2) is 5.11. The van der Waals surface area contributed by atoms with E-state index in [0.717, 1.165) is 0 Å². The van der Waals surface area contributed by atoms with E-state index in [1.807, 2.05) is 0 Å². The van der Waals surface area contributed by atoms with Gasteiger partial charge in [0.2, 0.25) is 0 Å². The number of hydrogen-bond acceptors (Lipinski definition) is 5. The highest BCUT2D eigenvalue weighted by atomic mass is 16.4. The van der Waals surface area contributed by atoms with Gasteiger partial charge in [0, 0.05) is 18.0 Å². The van der Waals surface area contributed by atoms with E-state index in [9.17, 15) is 14.7 Å². The summed E-state index contributed by atoms with van der Waals surface area (Å²) in [5, 5.41) is 22.0. The number of carboxylic acid groups (broad SMARTS) is 1. The molecule has 0 aliphatic heterocycles. The molecule has 0 amide bonds. The van der Waals surface area contributed by atoms with Crippen molar-refractivity contribution in [3.05, 3.63) is 40.2 Å². The van der Waals surface area contributed by atoms with Crippen molar-refractivity contribution in [1.82, 2.24) is 5.32 Å². The molecule has 0 aliphatic carbocycles. The average molecular weight is 263 g/mol. The molecule has 0 aliphatic rings. The number of carboxylic acids is 1. The third-order valence-electron chi connectivity index (χ3n) is 2.82. The monoisotopic (exact) mass is 263 g/mol. The smallest absolute Gasteiger partial charge is 0.336 e. The zero-order valence-electron chi connectivity index (χ0n) is 10.2. The fraction of sp³-hybridized carbons (Fsp3) is 0.231. The van der Waals surface area contributed by atoms with E-state index in [1.165, 1.54) is 19.1 Å². The molecule has 19 heavy (non-hydrogen) atoms. The molecule has 0 spiro atoms. The third kappa shape index (κ3) is 2.74. The molecule has 0 bridgehead atoms. The molecule has 0 unspecified atom stereocenters. The molecule has 1 atom stereocenters. The Balaban J connectivity index is 2.41. The van der Waals surface area contributed by atoms with E-state index in [-0.39, 0.29) is 17.9 Å². The number of phenols is 1. The quantitative estimate of drug-likeness (QED) is 0.713. The Hall–Kier alpha value is -2.34. The van der Waals surface area contributed by atoms with Crippen LogP contribution in [0.15, 0.2) is 33.5 Å². The van der Waals surface area contributed by atoms with Gasteiger partial charge >= 0.3 is 11.6 Å². The van der Waals surface area contributed by atoms with Crippen molar-refractivity contribution in [2.24, 2.45) is 0 Å². The van der Waals surface area contributed by atoms with Crippen LogP contribution in [0, 0.1) is 0 Å².